The first-order chi connectivity index (χ1) is 15.5. The Bertz CT molecular complexity index is 930. The molecular formula is C28H43N3O2. The molecule has 0 unspecified atom stereocenters. The van der Waals surface area contributed by atoms with Crippen LogP contribution in [0.25, 0.3) is 0 Å². The molecule has 4 aliphatic carbocycles. The van der Waals surface area contributed by atoms with Crippen molar-refractivity contribution >= 4 is 0 Å². The number of rotatable bonds is 3. The average molecular weight is 454 g/mol. The zero-order chi connectivity index (χ0) is 23.6. The molecule has 4 aliphatic rings. The quantitative estimate of drug-likeness (QED) is 0.650. The van der Waals surface area contributed by atoms with E-state index in [9.17, 15) is 10.2 Å². The number of nitriles is 1. The summed E-state index contributed by atoms with van der Waals surface area (Å²) in [6, 6.07) is 2.15. The minimum atomic E-state index is -0.844. The smallest absolute Gasteiger partial charge is 0.102 e. The largest absolute Gasteiger partial charge is 0.390 e. The maximum absolute atomic E-state index is 11.8. The molecule has 0 aromatic carbocycles. The van der Waals surface area contributed by atoms with Crippen molar-refractivity contribution in [3.05, 3.63) is 18.0 Å². The van der Waals surface area contributed by atoms with Gasteiger partial charge in [-0.1, -0.05) is 20.3 Å². The lowest BCUT2D eigenvalue weighted by Gasteiger charge is -2.65. The van der Waals surface area contributed by atoms with Crippen LogP contribution in [0, 0.1) is 51.8 Å². The molecule has 33 heavy (non-hydrogen) atoms. The third-order valence-corrected chi connectivity index (χ3v) is 11.2. The summed E-state index contributed by atoms with van der Waals surface area (Å²) in [6.45, 7) is 9.53. The van der Waals surface area contributed by atoms with E-state index in [4.69, 9.17) is 5.26 Å². The van der Waals surface area contributed by atoms with E-state index in [1.54, 1.807) is 17.1 Å². The number of hydrogen-bond acceptors (Lipinski definition) is 4. The highest BCUT2D eigenvalue weighted by atomic mass is 16.3. The molecule has 9 atom stereocenters. The molecule has 1 heterocycles. The predicted octanol–water partition coefficient (Wildman–Crippen LogP) is 5.31. The monoisotopic (exact) mass is 453 g/mol. The molecule has 4 fully saturated rings. The predicted molar refractivity (Wildman–Crippen MR) is 128 cm³/mol. The maximum atomic E-state index is 11.8. The van der Waals surface area contributed by atoms with Gasteiger partial charge in [-0.2, -0.15) is 10.4 Å². The van der Waals surface area contributed by atoms with E-state index in [2.05, 4.69) is 25.0 Å². The molecule has 1 aromatic heterocycles. The van der Waals surface area contributed by atoms with Gasteiger partial charge in [0.1, 0.15) is 6.07 Å². The van der Waals surface area contributed by atoms with Crippen molar-refractivity contribution in [2.45, 2.75) is 110 Å². The molecule has 1 aromatic rings. The highest BCUT2D eigenvalue weighted by Crippen LogP contribution is 2.68. The third-order valence-electron chi connectivity index (χ3n) is 11.2. The van der Waals surface area contributed by atoms with Gasteiger partial charge in [0, 0.05) is 6.20 Å². The van der Waals surface area contributed by atoms with Crippen LogP contribution in [0.4, 0.5) is 0 Å². The molecule has 5 rings (SSSR count). The standard InChI is InChI=1S/C28H43N3O2/c1-25(32)12-13-26(2)20(14-25)8-9-21-22-6-5-7-24(27(22,3)11-10-23(21)26)28(4,33)18-31-17-19(15-29)16-30-31/h16-17,20-24,32-33H,5-14,18H2,1-4H3/t20-,21+,22+,23+,24+,25-,26+,27+,28-/m1/s1. The second kappa shape index (κ2) is 7.82. The Morgan fingerprint density at radius 1 is 1.09 bits per heavy atom. The van der Waals surface area contributed by atoms with Gasteiger partial charge in [0.25, 0.3) is 0 Å². The minimum absolute atomic E-state index is 0.150. The van der Waals surface area contributed by atoms with E-state index in [0.717, 1.165) is 37.5 Å². The molecule has 0 radical (unpaired) electrons. The van der Waals surface area contributed by atoms with Crippen molar-refractivity contribution in [1.29, 1.82) is 5.26 Å². The summed E-state index contributed by atoms with van der Waals surface area (Å²) >= 11 is 0. The first-order valence-electron chi connectivity index (χ1n) is 13.4. The number of aromatic nitrogens is 2. The second-order valence-corrected chi connectivity index (χ2v) is 13.3. The van der Waals surface area contributed by atoms with E-state index in [0.29, 0.717) is 29.4 Å². The van der Waals surface area contributed by atoms with Gasteiger partial charge in [-0.25, -0.2) is 0 Å². The Hall–Kier alpha value is -1.38. The van der Waals surface area contributed by atoms with Crippen LogP contribution in [0.2, 0.25) is 0 Å². The van der Waals surface area contributed by atoms with Crippen LogP contribution < -0.4 is 0 Å². The summed E-state index contributed by atoms with van der Waals surface area (Å²) in [5, 5.41) is 36.1. The summed E-state index contributed by atoms with van der Waals surface area (Å²) in [4.78, 5) is 0. The summed E-state index contributed by atoms with van der Waals surface area (Å²) < 4.78 is 1.76. The highest BCUT2D eigenvalue weighted by molar-refractivity contribution is 5.21. The van der Waals surface area contributed by atoms with Crippen LogP contribution in [-0.2, 0) is 6.54 Å². The molecular weight excluding hydrogens is 410 g/mol. The second-order valence-electron chi connectivity index (χ2n) is 13.3. The Morgan fingerprint density at radius 2 is 1.85 bits per heavy atom. The number of aliphatic hydroxyl groups is 2. The molecule has 0 aliphatic heterocycles. The maximum Gasteiger partial charge on any atom is 0.102 e. The molecule has 2 N–H and O–H groups in total. The van der Waals surface area contributed by atoms with Crippen LogP contribution in [0.1, 0.15) is 97.5 Å². The van der Waals surface area contributed by atoms with Crippen molar-refractivity contribution in [3.63, 3.8) is 0 Å². The fourth-order valence-corrected chi connectivity index (χ4v) is 9.59. The molecule has 5 nitrogen and oxygen atoms in total. The van der Waals surface area contributed by atoms with Gasteiger partial charge in [-0.3, -0.25) is 4.68 Å². The van der Waals surface area contributed by atoms with Crippen LogP contribution in [0.5, 0.6) is 0 Å². The molecule has 4 saturated carbocycles. The van der Waals surface area contributed by atoms with E-state index in [1.807, 2.05) is 13.8 Å². The summed E-state index contributed by atoms with van der Waals surface area (Å²) in [5.41, 5.74) is -0.256. The van der Waals surface area contributed by atoms with E-state index in [1.165, 1.54) is 38.5 Å². The van der Waals surface area contributed by atoms with Crippen molar-refractivity contribution in [2.24, 2.45) is 40.4 Å². The van der Waals surface area contributed by atoms with Crippen LogP contribution >= 0.6 is 0 Å². The number of fused-ring (bicyclic) bond motifs is 5. The van der Waals surface area contributed by atoms with Gasteiger partial charge in [0.15, 0.2) is 0 Å². The summed E-state index contributed by atoms with van der Waals surface area (Å²) in [7, 11) is 0. The summed E-state index contributed by atoms with van der Waals surface area (Å²) in [5.74, 6) is 3.09. The van der Waals surface area contributed by atoms with Crippen molar-refractivity contribution in [3.8, 4) is 6.07 Å². The number of hydrogen-bond donors (Lipinski definition) is 2. The molecule has 0 bridgehead atoms. The first-order valence-corrected chi connectivity index (χ1v) is 13.4. The zero-order valence-corrected chi connectivity index (χ0v) is 21.1. The minimum Gasteiger partial charge on any atom is -0.390 e. The lowest BCUT2D eigenvalue weighted by Crippen LogP contribution is -2.60. The Balaban J connectivity index is 1.39. The van der Waals surface area contributed by atoms with Gasteiger partial charge < -0.3 is 10.2 Å². The van der Waals surface area contributed by atoms with Crippen molar-refractivity contribution in [1.82, 2.24) is 9.78 Å². The fraction of sp³-hybridized carbons (Fsp3) is 0.857. The lowest BCUT2D eigenvalue weighted by atomic mass is 9.40. The van der Waals surface area contributed by atoms with Crippen molar-refractivity contribution in [2.75, 3.05) is 0 Å². The van der Waals surface area contributed by atoms with E-state index >= 15 is 0 Å². The summed E-state index contributed by atoms with van der Waals surface area (Å²) in [6.07, 6.45) is 15.0. The Labute approximate surface area is 199 Å². The third kappa shape index (κ3) is 3.76. The number of nitrogens with zero attached hydrogens (tertiary/aromatic N) is 3. The lowest BCUT2D eigenvalue weighted by molar-refractivity contribution is -0.190. The topological polar surface area (TPSA) is 82.1 Å². The fourth-order valence-electron chi connectivity index (χ4n) is 9.59. The van der Waals surface area contributed by atoms with Gasteiger partial charge in [-0.05, 0) is 112 Å². The molecule has 0 spiro atoms. The van der Waals surface area contributed by atoms with Gasteiger partial charge in [0.2, 0.25) is 0 Å². The van der Waals surface area contributed by atoms with Crippen LogP contribution in [0.15, 0.2) is 12.4 Å². The van der Waals surface area contributed by atoms with E-state index < -0.39 is 11.2 Å². The molecule has 5 heteroatoms. The van der Waals surface area contributed by atoms with E-state index in [-0.39, 0.29) is 11.3 Å². The SMILES string of the molecule is C[C@@]1(O)CC[C@@]2(C)[C@H](CC[C@@H]3[C@@H]2CC[C@@]2(C)[C@H]3CCC[C@@H]2[C@](C)(O)Cn2cc(C#N)cn2)C1. The van der Waals surface area contributed by atoms with Gasteiger partial charge >= 0.3 is 0 Å². The van der Waals surface area contributed by atoms with Crippen molar-refractivity contribution < 1.29 is 10.2 Å². The van der Waals surface area contributed by atoms with Gasteiger partial charge in [0.05, 0.1) is 29.5 Å². The molecule has 182 valence electrons. The van der Waals surface area contributed by atoms with Crippen LogP contribution in [0.3, 0.4) is 0 Å². The molecule has 0 amide bonds. The van der Waals surface area contributed by atoms with Crippen LogP contribution in [-0.4, -0.2) is 31.2 Å². The van der Waals surface area contributed by atoms with Gasteiger partial charge in [-0.15, -0.1) is 0 Å². The molecule has 0 saturated heterocycles. The zero-order valence-electron chi connectivity index (χ0n) is 21.1. The Morgan fingerprint density at radius 3 is 2.58 bits per heavy atom. The first kappa shape index (κ1) is 23.4. The normalized spacial score (nSPS) is 46.9. The highest BCUT2D eigenvalue weighted by Gasteiger charge is 2.61. The average Bonchev–Trinajstić information content (AvgIpc) is 3.19. The Kier molecular flexibility index (Phi) is 5.54.